The Kier molecular flexibility index (Phi) is 2.33. The molecule has 0 fully saturated rings. The van der Waals surface area contributed by atoms with Crippen LogP contribution in [0.25, 0.3) is 10.1 Å². The number of hydrogen-bond donors (Lipinski definition) is 1. The molecule has 2 rings (SSSR count). The van der Waals surface area contributed by atoms with Gasteiger partial charge in [-0.15, -0.1) is 0 Å². The van der Waals surface area contributed by atoms with Gasteiger partial charge in [-0.3, -0.25) is 0 Å². The summed E-state index contributed by atoms with van der Waals surface area (Å²) in [5, 5.41) is 2.09. The second-order valence-corrected chi connectivity index (χ2v) is 4.83. The van der Waals surface area contributed by atoms with E-state index in [1.807, 2.05) is 18.2 Å². The summed E-state index contributed by atoms with van der Waals surface area (Å²) >= 11 is 3.89. The van der Waals surface area contributed by atoms with E-state index in [2.05, 4.69) is 22.6 Å². The zero-order chi connectivity index (χ0) is 9.42. The molecule has 2 aromatic rings. The lowest BCUT2D eigenvalue weighted by Crippen LogP contribution is -1.84. The topological polar surface area (TPSA) is 35.2 Å². The third-order valence-corrected chi connectivity index (χ3v) is 3.93. The lowest BCUT2D eigenvalue weighted by Gasteiger charge is -1.96. The average Bonchev–Trinajstić information content (AvgIpc) is 2.56. The first-order valence-electron chi connectivity index (χ1n) is 3.74. The van der Waals surface area contributed by atoms with E-state index in [1.54, 1.807) is 18.4 Å². The van der Waals surface area contributed by atoms with Crippen molar-refractivity contribution in [3.05, 3.63) is 21.8 Å². The molecule has 1 aromatic heterocycles. The van der Waals surface area contributed by atoms with Gasteiger partial charge in [-0.25, -0.2) is 0 Å². The zero-order valence-electron chi connectivity index (χ0n) is 7.00. The monoisotopic (exact) mass is 305 g/mol. The Morgan fingerprint density at radius 1 is 1.46 bits per heavy atom. The predicted molar refractivity (Wildman–Crippen MR) is 65.5 cm³/mol. The molecule has 68 valence electrons. The van der Waals surface area contributed by atoms with Crippen molar-refractivity contribution in [3.8, 4) is 5.06 Å². The number of hydrogen-bond acceptors (Lipinski definition) is 3. The number of nitrogen functional groups attached to an aromatic ring is 1. The number of nitrogens with two attached hydrogens (primary N) is 1. The highest BCUT2D eigenvalue weighted by molar-refractivity contribution is 14.1. The number of ether oxygens (including phenoxy) is 1. The summed E-state index contributed by atoms with van der Waals surface area (Å²) in [6.45, 7) is 0. The average molecular weight is 305 g/mol. The van der Waals surface area contributed by atoms with Crippen LogP contribution in [-0.4, -0.2) is 7.11 Å². The minimum absolute atomic E-state index is 0.823. The minimum atomic E-state index is 0.823. The molecule has 4 heteroatoms. The van der Waals surface area contributed by atoms with Crippen LogP contribution >= 0.6 is 33.9 Å². The van der Waals surface area contributed by atoms with Crippen molar-refractivity contribution in [1.29, 1.82) is 0 Å². The van der Waals surface area contributed by atoms with Crippen LogP contribution in [0.15, 0.2) is 18.2 Å². The Morgan fingerprint density at radius 2 is 2.23 bits per heavy atom. The van der Waals surface area contributed by atoms with Crippen molar-refractivity contribution in [2.24, 2.45) is 0 Å². The van der Waals surface area contributed by atoms with Gasteiger partial charge in [0.15, 0.2) is 5.06 Å². The van der Waals surface area contributed by atoms with Gasteiger partial charge >= 0.3 is 0 Å². The summed E-state index contributed by atoms with van der Waals surface area (Å²) in [5.41, 5.74) is 6.67. The highest BCUT2D eigenvalue weighted by Gasteiger charge is 2.07. The number of halogens is 1. The van der Waals surface area contributed by atoms with Crippen molar-refractivity contribution >= 4 is 49.7 Å². The molecule has 0 unspecified atom stereocenters. The van der Waals surface area contributed by atoms with Crippen molar-refractivity contribution < 1.29 is 4.74 Å². The molecule has 2 N–H and O–H groups in total. The first kappa shape index (κ1) is 9.08. The summed E-state index contributed by atoms with van der Waals surface area (Å²) in [4.78, 5) is 0. The third kappa shape index (κ3) is 1.48. The van der Waals surface area contributed by atoms with Crippen molar-refractivity contribution in [3.63, 3.8) is 0 Å². The lowest BCUT2D eigenvalue weighted by atomic mass is 10.2. The van der Waals surface area contributed by atoms with Crippen LogP contribution < -0.4 is 10.5 Å². The van der Waals surface area contributed by atoms with E-state index in [4.69, 9.17) is 10.5 Å². The van der Waals surface area contributed by atoms with E-state index in [-0.39, 0.29) is 0 Å². The number of thiophene rings is 1. The van der Waals surface area contributed by atoms with Crippen LogP contribution in [0.5, 0.6) is 5.06 Å². The lowest BCUT2D eigenvalue weighted by molar-refractivity contribution is 0.427. The van der Waals surface area contributed by atoms with Crippen LogP contribution in [0.4, 0.5) is 5.69 Å². The van der Waals surface area contributed by atoms with Gasteiger partial charge in [0.1, 0.15) is 0 Å². The first-order chi connectivity index (χ1) is 6.22. The van der Waals surface area contributed by atoms with Crippen LogP contribution in [0.3, 0.4) is 0 Å². The zero-order valence-corrected chi connectivity index (χ0v) is 9.98. The van der Waals surface area contributed by atoms with Gasteiger partial charge in [-0.05, 0) is 34.7 Å². The maximum absolute atomic E-state index is 5.84. The molecular formula is C9H8INOS. The second-order valence-electron chi connectivity index (χ2n) is 2.65. The molecule has 0 spiro atoms. The molecular weight excluding hydrogens is 297 g/mol. The van der Waals surface area contributed by atoms with E-state index < -0.39 is 0 Å². The van der Waals surface area contributed by atoms with Crippen LogP contribution in [0, 0.1) is 3.57 Å². The van der Waals surface area contributed by atoms with Gasteiger partial charge in [-0.1, -0.05) is 11.3 Å². The Balaban J connectivity index is 2.80. The SMILES string of the molecule is COc1cc2c(I)ccc(N)c2s1. The molecule has 0 atom stereocenters. The minimum Gasteiger partial charge on any atom is -0.487 e. The molecule has 0 amide bonds. The fourth-order valence-electron chi connectivity index (χ4n) is 1.19. The maximum Gasteiger partial charge on any atom is 0.174 e. The second kappa shape index (κ2) is 3.34. The Morgan fingerprint density at radius 3 is 2.85 bits per heavy atom. The number of fused-ring (bicyclic) bond motifs is 1. The van der Waals surface area contributed by atoms with Crippen molar-refractivity contribution in [2.45, 2.75) is 0 Å². The van der Waals surface area contributed by atoms with Gasteiger partial charge < -0.3 is 10.5 Å². The van der Waals surface area contributed by atoms with Gasteiger partial charge in [-0.2, -0.15) is 0 Å². The summed E-state index contributed by atoms with van der Waals surface area (Å²) in [7, 11) is 1.67. The van der Waals surface area contributed by atoms with Gasteiger partial charge in [0.25, 0.3) is 0 Å². The highest BCUT2D eigenvalue weighted by Crippen LogP contribution is 2.37. The van der Waals surface area contributed by atoms with Gasteiger partial charge in [0.05, 0.1) is 11.8 Å². The smallest absolute Gasteiger partial charge is 0.174 e. The van der Waals surface area contributed by atoms with E-state index in [0.717, 1.165) is 15.5 Å². The quantitative estimate of drug-likeness (QED) is 0.649. The molecule has 1 heterocycles. The number of methoxy groups -OCH3 is 1. The first-order valence-corrected chi connectivity index (χ1v) is 5.63. The van der Waals surface area contributed by atoms with Crippen molar-refractivity contribution in [2.75, 3.05) is 12.8 Å². The van der Waals surface area contributed by atoms with E-state index in [1.165, 1.54) is 8.96 Å². The fraction of sp³-hybridized carbons (Fsp3) is 0.111. The van der Waals surface area contributed by atoms with Gasteiger partial charge in [0, 0.05) is 20.7 Å². The van der Waals surface area contributed by atoms with E-state index in [0.29, 0.717) is 0 Å². The molecule has 0 saturated carbocycles. The molecule has 0 bridgehead atoms. The summed E-state index contributed by atoms with van der Waals surface area (Å²) in [5.74, 6) is 0. The maximum atomic E-state index is 5.84. The number of rotatable bonds is 1. The summed E-state index contributed by atoms with van der Waals surface area (Å²) in [6, 6.07) is 5.97. The van der Waals surface area contributed by atoms with Crippen LogP contribution in [0.1, 0.15) is 0 Å². The molecule has 0 aliphatic rings. The van der Waals surface area contributed by atoms with Crippen LogP contribution in [-0.2, 0) is 0 Å². The molecule has 2 nitrogen and oxygen atoms in total. The van der Waals surface area contributed by atoms with E-state index >= 15 is 0 Å². The molecule has 0 aliphatic heterocycles. The summed E-state index contributed by atoms with van der Waals surface area (Å²) in [6.07, 6.45) is 0. The molecule has 1 aromatic carbocycles. The highest BCUT2D eigenvalue weighted by atomic mass is 127. The van der Waals surface area contributed by atoms with Gasteiger partial charge in [0.2, 0.25) is 0 Å². The Hall–Kier alpha value is -0.490. The standard InChI is InChI=1S/C9H8INOS/c1-12-8-4-5-6(10)2-3-7(11)9(5)13-8/h2-4H,11H2,1H3. The Bertz CT molecular complexity index is 413. The number of benzene rings is 1. The van der Waals surface area contributed by atoms with Crippen LogP contribution in [0.2, 0.25) is 0 Å². The largest absolute Gasteiger partial charge is 0.487 e. The normalized spacial score (nSPS) is 10.6. The molecule has 0 aliphatic carbocycles. The fourth-order valence-corrected chi connectivity index (χ4v) is 2.90. The molecule has 13 heavy (non-hydrogen) atoms. The predicted octanol–water partition coefficient (Wildman–Crippen LogP) is 3.10. The van der Waals surface area contributed by atoms with E-state index in [9.17, 15) is 0 Å². The summed E-state index contributed by atoms with van der Waals surface area (Å²) < 4.78 is 7.49. The Labute approximate surface area is 93.8 Å². The molecule has 0 radical (unpaired) electrons. The third-order valence-electron chi connectivity index (χ3n) is 1.84. The van der Waals surface area contributed by atoms with Crippen molar-refractivity contribution in [1.82, 2.24) is 0 Å². The number of anilines is 1. The molecule has 0 saturated heterocycles.